The Labute approximate surface area is 91.0 Å². The highest BCUT2D eigenvalue weighted by Crippen LogP contribution is 2.42. The van der Waals surface area contributed by atoms with Gasteiger partial charge >= 0.3 is 0 Å². The summed E-state index contributed by atoms with van der Waals surface area (Å²) in [6, 6.07) is 0.515. The van der Waals surface area contributed by atoms with Gasteiger partial charge in [0.1, 0.15) is 0 Å². The summed E-state index contributed by atoms with van der Waals surface area (Å²) in [5, 5.41) is 6.60. The highest BCUT2D eigenvalue weighted by Gasteiger charge is 2.53. The fourth-order valence-electron chi connectivity index (χ4n) is 3.28. The lowest BCUT2D eigenvalue weighted by Gasteiger charge is -2.21. The summed E-state index contributed by atoms with van der Waals surface area (Å²) in [6.07, 6.45) is 6.05. The molecule has 2 aliphatic carbocycles. The number of nitrogens with one attached hydrogen (secondary N) is 2. The van der Waals surface area contributed by atoms with Gasteiger partial charge in [-0.25, -0.2) is 0 Å². The average molecular weight is 208 g/mol. The number of carbonyl (C=O) groups excluding carboxylic acids is 1. The average Bonchev–Trinajstić information content (AvgIpc) is 2.75. The molecule has 0 aromatic heterocycles. The van der Waals surface area contributed by atoms with E-state index in [0.29, 0.717) is 17.9 Å². The molecule has 3 nitrogen and oxygen atoms in total. The molecule has 0 radical (unpaired) electrons. The van der Waals surface area contributed by atoms with E-state index in [0.717, 1.165) is 37.8 Å². The predicted molar refractivity (Wildman–Crippen MR) is 58.4 cm³/mol. The normalized spacial score (nSPS) is 39.9. The maximum Gasteiger partial charge on any atom is 0.223 e. The second kappa shape index (κ2) is 3.78. The Kier molecular flexibility index (Phi) is 2.43. The first kappa shape index (κ1) is 9.64. The van der Waals surface area contributed by atoms with Crippen LogP contribution in [0.3, 0.4) is 0 Å². The molecule has 3 fully saturated rings. The van der Waals surface area contributed by atoms with Crippen LogP contribution in [0.5, 0.6) is 0 Å². The minimum absolute atomic E-state index is 0.327. The lowest BCUT2D eigenvalue weighted by Crippen LogP contribution is -2.37. The third-order valence-corrected chi connectivity index (χ3v) is 4.38. The molecule has 15 heavy (non-hydrogen) atoms. The van der Waals surface area contributed by atoms with E-state index < -0.39 is 0 Å². The van der Waals surface area contributed by atoms with Gasteiger partial charge in [0.15, 0.2) is 0 Å². The summed E-state index contributed by atoms with van der Waals surface area (Å²) in [7, 11) is 0. The van der Waals surface area contributed by atoms with Crippen LogP contribution in [0.2, 0.25) is 0 Å². The van der Waals surface area contributed by atoms with E-state index in [2.05, 4.69) is 10.6 Å². The monoisotopic (exact) mass is 208 g/mol. The summed E-state index contributed by atoms with van der Waals surface area (Å²) in [5.74, 6) is 2.16. The van der Waals surface area contributed by atoms with Crippen LogP contribution < -0.4 is 10.6 Å². The van der Waals surface area contributed by atoms with Crippen molar-refractivity contribution in [1.82, 2.24) is 10.6 Å². The molecule has 1 aliphatic heterocycles. The van der Waals surface area contributed by atoms with Gasteiger partial charge in [-0.05, 0) is 24.7 Å². The molecule has 0 aromatic rings. The molecule has 3 heteroatoms. The van der Waals surface area contributed by atoms with Gasteiger partial charge in [0.25, 0.3) is 0 Å². The molecule has 0 bridgehead atoms. The Morgan fingerprint density at radius 1 is 1.07 bits per heavy atom. The second-order valence-electron chi connectivity index (χ2n) is 5.36. The van der Waals surface area contributed by atoms with Crippen molar-refractivity contribution < 1.29 is 4.79 Å². The number of hydrogen-bond acceptors (Lipinski definition) is 2. The van der Waals surface area contributed by atoms with Crippen molar-refractivity contribution in [3.05, 3.63) is 0 Å². The zero-order valence-corrected chi connectivity index (χ0v) is 9.17. The van der Waals surface area contributed by atoms with Gasteiger partial charge < -0.3 is 10.6 Å². The molecule has 0 spiro atoms. The topological polar surface area (TPSA) is 41.1 Å². The van der Waals surface area contributed by atoms with E-state index in [1.165, 1.54) is 19.3 Å². The molecule has 3 aliphatic rings. The Balaban J connectivity index is 1.49. The molecular formula is C12H20N2O. The zero-order chi connectivity index (χ0) is 10.3. The van der Waals surface area contributed by atoms with Crippen LogP contribution in [0.25, 0.3) is 0 Å². The SMILES string of the molecule is O=C(NC1C2CNCC21)C1CCCCC1. The third kappa shape index (κ3) is 1.78. The largest absolute Gasteiger partial charge is 0.352 e. The van der Waals surface area contributed by atoms with Gasteiger partial charge in [0, 0.05) is 25.0 Å². The summed E-state index contributed by atoms with van der Waals surface area (Å²) < 4.78 is 0. The number of fused-ring (bicyclic) bond motifs is 1. The molecule has 84 valence electrons. The summed E-state index contributed by atoms with van der Waals surface area (Å²) in [6.45, 7) is 2.22. The first-order chi connectivity index (χ1) is 7.36. The number of hydrogen-bond donors (Lipinski definition) is 2. The Hall–Kier alpha value is -0.570. The highest BCUT2D eigenvalue weighted by atomic mass is 16.2. The molecular weight excluding hydrogens is 188 g/mol. The summed E-state index contributed by atoms with van der Waals surface area (Å²) in [4.78, 5) is 11.9. The van der Waals surface area contributed by atoms with Gasteiger partial charge in [-0.3, -0.25) is 4.79 Å². The highest BCUT2D eigenvalue weighted by molar-refractivity contribution is 5.79. The third-order valence-electron chi connectivity index (χ3n) is 4.38. The van der Waals surface area contributed by atoms with Crippen LogP contribution in [-0.4, -0.2) is 25.0 Å². The van der Waals surface area contributed by atoms with Crippen LogP contribution in [0.1, 0.15) is 32.1 Å². The van der Waals surface area contributed by atoms with Gasteiger partial charge in [-0.1, -0.05) is 19.3 Å². The van der Waals surface area contributed by atoms with Crippen molar-refractivity contribution >= 4 is 5.91 Å². The van der Waals surface area contributed by atoms with E-state index in [-0.39, 0.29) is 0 Å². The first-order valence-electron chi connectivity index (χ1n) is 6.37. The molecule has 2 atom stereocenters. The van der Waals surface area contributed by atoms with E-state index in [1.54, 1.807) is 0 Å². The van der Waals surface area contributed by atoms with Crippen molar-refractivity contribution in [2.75, 3.05) is 13.1 Å². The van der Waals surface area contributed by atoms with Gasteiger partial charge in [-0.2, -0.15) is 0 Å². The van der Waals surface area contributed by atoms with Crippen LogP contribution in [0, 0.1) is 17.8 Å². The molecule has 0 aromatic carbocycles. The fraction of sp³-hybridized carbons (Fsp3) is 0.917. The molecule has 3 rings (SSSR count). The number of carbonyl (C=O) groups is 1. The standard InChI is InChI=1S/C12H20N2O/c15-12(8-4-2-1-3-5-8)14-11-9-6-13-7-10(9)11/h8-11,13H,1-7H2,(H,14,15). The van der Waals surface area contributed by atoms with E-state index >= 15 is 0 Å². The molecule has 2 saturated carbocycles. The van der Waals surface area contributed by atoms with Crippen molar-refractivity contribution in [3.8, 4) is 0 Å². The number of amides is 1. The van der Waals surface area contributed by atoms with Crippen molar-refractivity contribution in [2.24, 2.45) is 17.8 Å². The molecule has 1 heterocycles. The summed E-state index contributed by atoms with van der Waals surface area (Å²) >= 11 is 0. The maximum absolute atomic E-state index is 11.9. The first-order valence-corrected chi connectivity index (χ1v) is 6.37. The van der Waals surface area contributed by atoms with E-state index in [1.807, 2.05) is 0 Å². The fourth-order valence-corrected chi connectivity index (χ4v) is 3.28. The van der Waals surface area contributed by atoms with Crippen molar-refractivity contribution in [3.63, 3.8) is 0 Å². The Morgan fingerprint density at radius 3 is 2.40 bits per heavy atom. The second-order valence-corrected chi connectivity index (χ2v) is 5.36. The quantitative estimate of drug-likeness (QED) is 0.708. The van der Waals surface area contributed by atoms with Gasteiger partial charge in [0.05, 0.1) is 0 Å². The molecule has 2 N–H and O–H groups in total. The maximum atomic E-state index is 11.9. The minimum Gasteiger partial charge on any atom is -0.352 e. The molecule has 1 saturated heterocycles. The van der Waals surface area contributed by atoms with Gasteiger partial charge in [0.2, 0.25) is 5.91 Å². The minimum atomic E-state index is 0.327. The number of piperidine rings is 1. The predicted octanol–water partition coefficient (Wildman–Crippen LogP) is 0.901. The van der Waals surface area contributed by atoms with Gasteiger partial charge in [-0.15, -0.1) is 0 Å². The zero-order valence-electron chi connectivity index (χ0n) is 9.17. The Bertz CT molecular complexity index is 250. The van der Waals surface area contributed by atoms with Crippen LogP contribution in [0.4, 0.5) is 0 Å². The molecule has 2 unspecified atom stereocenters. The summed E-state index contributed by atoms with van der Waals surface area (Å²) in [5.41, 5.74) is 0. The lowest BCUT2D eigenvalue weighted by molar-refractivity contribution is -0.126. The van der Waals surface area contributed by atoms with E-state index in [9.17, 15) is 4.79 Å². The van der Waals surface area contributed by atoms with Crippen LogP contribution >= 0.6 is 0 Å². The Morgan fingerprint density at radius 2 is 1.73 bits per heavy atom. The lowest BCUT2D eigenvalue weighted by atomic mass is 9.88. The van der Waals surface area contributed by atoms with Crippen molar-refractivity contribution in [2.45, 2.75) is 38.1 Å². The molecule has 1 amide bonds. The smallest absolute Gasteiger partial charge is 0.223 e. The van der Waals surface area contributed by atoms with Crippen LogP contribution in [0.15, 0.2) is 0 Å². The van der Waals surface area contributed by atoms with Crippen molar-refractivity contribution in [1.29, 1.82) is 0 Å². The van der Waals surface area contributed by atoms with E-state index in [4.69, 9.17) is 0 Å². The number of rotatable bonds is 2. The van der Waals surface area contributed by atoms with Crippen LogP contribution in [-0.2, 0) is 4.79 Å².